The maximum atomic E-state index is 12.4. The number of amides is 2. The molecule has 1 heterocycles. The summed E-state index contributed by atoms with van der Waals surface area (Å²) in [5.41, 5.74) is 2.00. The molecule has 3 rings (SSSR count). The second-order valence-electron chi connectivity index (χ2n) is 5.69. The van der Waals surface area contributed by atoms with E-state index in [1.807, 2.05) is 55.5 Å². The highest BCUT2D eigenvalue weighted by Gasteiger charge is 2.38. The first-order chi connectivity index (χ1) is 12.1. The number of halogens is 1. The molecule has 0 bridgehead atoms. The van der Waals surface area contributed by atoms with Crippen LogP contribution in [-0.4, -0.2) is 27.8 Å². The van der Waals surface area contributed by atoms with E-state index in [1.54, 1.807) is 0 Å². The number of rotatable bonds is 6. The number of hydrogen-bond acceptors (Lipinski definition) is 4. The molecular weight excluding hydrogens is 402 g/mol. The molecule has 0 spiro atoms. The fourth-order valence-electron chi connectivity index (χ4n) is 2.70. The second-order valence-corrected chi connectivity index (χ2v) is 7.75. The summed E-state index contributed by atoms with van der Waals surface area (Å²) in [6, 6.07) is 15.7. The summed E-state index contributed by atoms with van der Waals surface area (Å²) < 4.78 is 6.88. The van der Waals surface area contributed by atoms with Gasteiger partial charge in [0.1, 0.15) is 12.4 Å². The first kappa shape index (κ1) is 18.0. The second kappa shape index (κ2) is 8.06. The summed E-state index contributed by atoms with van der Waals surface area (Å²) in [6.45, 7) is 2.69. The lowest BCUT2D eigenvalue weighted by molar-refractivity contribution is -0.126. The van der Waals surface area contributed by atoms with Crippen LogP contribution in [-0.2, 0) is 17.8 Å². The van der Waals surface area contributed by atoms with Gasteiger partial charge >= 0.3 is 0 Å². The van der Waals surface area contributed by atoms with Crippen molar-refractivity contribution in [2.45, 2.75) is 25.2 Å². The van der Waals surface area contributed by atoms with Gasteiger partial charge in [-0.05, 0) is 42.7 Å². The number of hydrogen-bond donors (Lipinski definition) is 0. The van der Waals surface area contributed by atoms with Crippen LogP contribution >= 0.6 is 27.7 Å². The van der Waals surface area contributed by atoms with Gasteiger partial charge in [-0.3, -0.25) is 14.5 Å². The van der Waals surface area contributed by atoms with E-state index >= 15 is 0 Å². The average molecular weight is 420 g/mol. The standard InChI is InChI=1S/C19H18BrNO3S/c1-2-21-18(22)17(25-19(21)23)11-14-10-15(20)8-9-16(14)24-12-13-6-4-3-5-7-13/h3-10,17H,2,11-12H2,1H3/t17-/m0/s1. The number of nitrogens with zero attached hydrogens (tertiary/aromatic N) is 1. The zero-order valence-corrected chi connectivity index (χ0v) is 16.2. The topological polar surface area (TPSA) is 46.6 Å². The maximum absolute atomic E-state index is 12.4. The predicted molar refractivity (Wildman–Crippen MR) is 103 cm³/mol. The third-order valence-corrected chi connectivity index (χ3v) is 5.55. The summed E-state index contributed by atoms with van der Waals surface area (Å²) in [4.78, 5) is 25.6. The molecular formula is C19H18BrNO3S. The maximum Gasteiger partial charge on any atom is 0.289 e. The summed E-state index contributed by atoms with van der Waals surface area (Å²) in [6.07, 6.45) is 0.468. The summed E-state index contributed by atoms with van der Waals surface area (Å²) in [5, 5.41) is -0.555. The van der Waals surface area contributed by atoms with Crippen molar-refractivity contribution in [3.63, 3.8) is 0 Å². The lowest BCUT2D eigenvalue weighted by Gasteiger charge is -2.15. The van der Waals surface area contributed by atoms with Gasteiger partial charge in [0.25, 0.3) is 5.24 Å². The highest BCUT2D eigenvalue weighted by Crippen LogP contribution is 2.33. The molecule has 0 radical (unpaired) electrons. The Balaban J connectivity index is 1.75. The van der Waals surface area contributed by atoms with Gasteiger partial charge in [-0.15, -0.1) is 0 Å². The van der Waals surface area contributed by atoms with Crippen LogP contribution in [0.25, 0.3) is 0 Å². The molecule has 2 aromatic rings. The minimum Gasteiger partial charge on any atom is -0.489 e. The molecule has 0 aliphatic carbocycles. The first-order valence-electron chi connectivity index (χ1n) is 8.05. The minimum atomic E-state index is -0.388. The quantitative estimate of drug-likeness (QED) is 0.683. The first-order valence-corrected chi connectivity index (χ1v) is 9.73. The molecule has 1 aliphatic heterocycles. The predicted octanol–water partition coefficient (Wildman–Crippen LogP) is 4.65. The Morgan fingerprint density at radius 1 is 1.16 bits per heavy atom. The van der Waals surface area contributed by atoms with Crippen molar-refractivity contribution in [1.82, 2.24) is 4.90 Å². The normalized spacial score (nSPS) is 17.2. The van der Waals surface area contributed by atoms with Gasteiger partial charge in [-0.1, -0.05) is 58.0 Å². The summed E-state index contributed by atoms with van der Waals surface area (Å²) in [7, 11) is 0. The molecule has 0 unspecified atom stereocenters. The van der Waals surface area contributed by atoms with Crippen LogP contribution in [0.5, 0.6) is 5.75 Å². The van der Waals surface area contributed by atoms with E-state index in [0.717, 1.165) is 33.1 Å². The van der Waals surface area contributed by atoms with Crippen molar-refractivity contribution in [3.8, 4) is 5.75 Å². The van der Waals surface area contributed by atoms with E-state index in [0.29, 0.717) is 19.6 Å². The van der Waals surface area contributed by atoms with E-state index < -0.39 is 0 Å². The van der Waals surface area contributed by atoms with Gasteiger partial charge in [0, 0.05) is 11.0 Å². The third kappa shape index (κ3) is 4.25. The smallest absolute Gasteiger partial charge is 0.289 e. The van der Waals surface area contributed by atoms with Crippen molar-refractivity contribution in [2.75, 3.05) is 6.54 Å². The van der Waals surface area contributed by atoms with Crippen LogP contribution in [0.2, 0.25) is 0 Å². The molecule has 0 aromatic heterocycles. The molecule has 2 amide bonds. The van der Waals surface area contributed by atoms with E-state index in [4.69, 9.17) is 4.74 Å². The van der Waals surface area contributed by atoms with Gasteiger partial charge in [0.05, 0.1) is 5.25 Å². The van der Waals surface area contributed by atoms with E-state index in [2.05, 4.69) is 15.9 Å². The third-order valence-electron chi connectivity index (χ3n) is 3.99. The Hall–Kier alpha value is -1.79. The lowest BCUT2D eigenvalue weighted by atomic mass is 10.1. The molecule has 4 nitrogen and oxygen atoms in total. The SMILES string of the molecule is CCN1C(=O)S[C@@H](Cc2cc(Br)ccc2OCc2ccccc2)C1=O. The molecule has 6 heteroatoms. The van der Waals surface area contributed by atoms with Gasteiger partial charge in [-0.25, -0.2) is 0 Å². The van der Waals surface area contributed by atoms with Crippen molar-refractivity contribution in [3.05, 3.63) is 64.1 Å². The van der Waals surface area contributed by atoms with Gasteiger partial charge in [0.15, 0.2) is 0 Å². The van der Waals surface area contributed by atoms with E-state index in [-0.39, 0.29) is 16.4 Å². The Morgan fingerprint density at radius 2 is 1.92 bits per heavy atom. The molecule has 1 saturated heterocycles. The zero-order chi connectivity index (χ0) is 17.8. The fraction of sp³-hybridized carbons (Fsp3) is 0.263. The fourth-order valence-corrected chi connectivity index (χ4v) is 4.19. The van der Waals surface area contributed by atoms with Gasteiger partial charge in [0.2, 0.25) is 5.91 Å². The van der Waals surface area contributed by atoms with Gasteiger partial charge in [-0.2, -0.15) is 0 Å². The molecule has 2 aromatic carbocycles. The van der Waals surface area contributed by atoms with E-state index in [1.165, 1.54) is 4.90 Å². The van der Waals surface area contributed by atoms with Crippen LogP contribution in [0.3, 0.4) is 0 Å². The number of thioether (sulfide) groups is 1. The van der Waals surface area contributed by atoms with Crippen molar-refractivity contribution >= 4 is 38.8 Å². The molecule has 1 atom stereocenters. The number of carbonyl (C=O) groups is 2. The number of carbonyl (C=O) groups excluding carboxylic acids is 2. The minimum absolute atomic E-state index is 0.119. The summed E-state index contributed by atoms with van der Waals surface area (Å²) in [5.74, 6) is 0.620. The van der Waals surface area contributed by atoms with Gasteiger partial charge < -0.3 is 4.74 Å². The van der Waals surface area contributed by atoms with Crippen LogP contribution in [0, 0.1) is 0 Å². The van der Waals surface area contributed by atoms with Crippen molar-refractivity contribution in [2.24, 2.45) is 0 Å². The van der Waals surface area contributed by atoms with Crippen molar-refractivity contribution in [1.29, 1.82) is 0 Å². The summed E-state index contributed by atoms with van der Waals surface area (Å²) >= 11 is 4.57. The van der Waals surface area contributed by atoms with Crippen molar-refractivity contribution < 1.29 is 14.3 Å². The molecule has 130 valence electrons. The average Bonchev–Trinajstić information content (AvgIpc) is 2.88. The zero-order valence-electron chi connectivity index (χ0n) is 13.8. The lowest BCUT2D eigenvalue weighted by Crippen LogP contribution is -2.31. The Labute approximate surface area is 159 Å². The van der Waals surface area contributed by atoms with E-state index in [9.17, 15) is 9.59 Å². The largest absolute Gasteiger partial charge is 0.489 e. The highest BCUT2D eigenvalue weighted by atomic mass is 79.9. The Morgan fingerprint density at radius 3 is 2.60 bits per heavy atom. The molecule has 1 fully saturated rings. The monoisotopic (exact) mass is 419 g/mol. The molecule has 0 saturated carbocycles. The number of benzene rings is 2. The van der Waals surface area contributed by atoms with Crippen LogP contribution in [0.1, 0.15) is 18.1 Å². The molecule has 0 N–H and O–H groups in total. The Kier molecular flexibility index (Phi) is 5.81. The van der Waals surface area contributed by atoms with Crippen LogP contribution in [0.15, 0.2) is 53.0 Å². The van der Waals surface area contributed by atoms with Crippen LogP contribution in [0.4, 0.5) is 4.79 Å². The molecule has 1 aliphatic rings. The van der Waals surface area contributed by atoms with Crippen LogP contribution < -0.4 is 4.74 Å². The number of imide groups is 1. The molecule has 25 heavy (non-hydrogen) atoms. The number of ether oxygens (including phenoxy) is 1. The highest BCUT2D eigenvalue weighted by molar-refractivity contribution is 9.10. The Bertz CT molecular complexity index is 781.